The summed E-state index contributed by atoms with van der Waals surface area (Å²) in [6, 6.07) is 5.29. The van der Waals surface area contributed by atoms with Crippen molar-refractivity contribution in [3.8, 4) is 0 Å². The zero-order valence-electron chi connectivity index (χ0n) is 11.9. The van der Waals surface area contributed by atoms with E-state index in [1.165, 1.54) is 11.8 Å². The van der Waals surface area contributed by atoms with Gasteiger partial charge in [-0.1, -0.05) is 17.7 Å². The summed E-state index contributed by atoms with van der Waals surface area (Å²) in [4.78, 5) is 0.944. The molecule has 0 aromatic heterocycles. The quantitative estimate of drug-likeness (QED) is 0.647. The second-order valence-electron chi connectivity index (χ2n) is 5.43. The van der Waals surface area contributed by atoms with Crippen molar-refractivity contribution in [1.29, 1.82) is 0 Å². The van der Waals surface area contributed by atoms with Gasteiger partial charge in [-0.15, -0.1) is 11.8 Å². The molecule has 0 heterocycles. The van der Waals surface area contributed by atoms with Crippen molar-refractivity contribution in [1.82, 2.24) is 0 Å². The predicted molar refractivity (Wildman–Crippen MR) is 82.3 cm³/mol. The average molecular weight is 303 g/mol. The monoisotopic (exact) mass is 302 g/mol. The minimum absolute atomic E-state index is 0.570. The van der Waals surface area contributed by atoms with Crippen LogP contribution < -0.4 is 5.46 Å². The second-order valence-corrected chi connectivity index (χ2v) is 6.69. The summed E-state index contributed by atoms with van der Waals surface area (Å²) in [5, 5.41) is 20.7. The lowest BCUT2D eigenvalue weighted by molar-refractivity contribution is -0.0982. The minimum Gasteiger partial charge on any atom is -0.423 e. The zero-order chi connectivity index (χ0) is 14.8. The number of thioether (sulfide) groups is 1. The molecule has 0 atom stereocenters. The van der Waals surface area contributed by atoms with Gasteiger partial charge in [0.25, 0.3) is 0 Å². The molecule has 6 heteroatoms. The molecule has 1 rings (SSSR count). The van der Waals surface area contributed by atoms with Gasteiger partial charge in [0.1, 0.15) is 0 Å². The third-order valence-electron chi connectivity index (χ3n) is 3.34. The summed E-state index contributed by atoms with van der Waals surface area (Å²) in [6.07, 6.45) is 1.94. The average Bonchev–Trinajstić information content (AvgIpc) is 2.26. The van der Waals surface area contributed by atoms with Crippen LogP contribution in [0, 0.1) is 0 Å². The fourth-order valence-electron chi connectivity index (χ4n) is 1.33. The highest BCUT2D eigenvalue weighted by Gasteiger charge is 2.39. The molecule has 3 nitrogen and oxygen atoms in total. The third kappa shape index (κ3) is 4.13. The van der Waals surface area contributed by atoms with Crippen molar-refractivity contribution < 1.29 is 14.8 Å². The van der Waals surface area contributed by atoms with Crippen LogP contribution in [-0.4, -0.2) is 34.7 Å². The Labute approximate surface area is 124 Å². The Balaban J connectivity index is 2.90. The topological polar surface area (TPSA) is 49.7 Å². The Morgan fingerprint density at radius 2 is 1.84 bits per heavy atom. The highest BCUT2D eigenvalue weighted by Crippen LogP contribution is 2.26. The molecule has 0 fully saturated rings. The van der Waals surface area contributed by atoms with Gasteiger partial charge in [0, 0.05) is 4.90 Å². The molecule has 0 aliphatic heterocycles. The summed E-state index contributed by atoms with van der Waals surface area (Å²) in [5.41, 5.74) is -1.39. The number of hydrogen-bond donors (Lipinski definition) is 2. The fourth-order valence-corrected chi connectivity index (χ4v) is 2.21. The molecule has 0 aliphatic carbocycles. The van der Waals surface area contributed by atoms with E-state index in [0.29, 0.717) is 10.5 Å². The normalized spacial score (nSPS) is 12.6. The molecule has 19 heavy (non-hydrogen) atoms. The Morgan fingerprint density at radius 1 is 1.26 bits per heavy atom. The standard InChI is InChI=1S/C13H20BClO3S/c1-12(2,16)13(3,4)18-14(17)9-6-7-11(19-5)10(15)8-9/h6-8,16-17H,1-5H3. The molecule has 2 N–H and O–H groups in total. The molecular formula is C13H20BClO3S. The maximum atomic E-state index is 10.1. The molecule has 106 valence electrons. The van der Waals surface area contributed by atoms with Gasteiger partial charge in [0.2, 0.25) is 0 Å². The van der Waals surface area contributed by atoms with Gasteiger partial charge in [-0.25, -0.2) is 0 Å². The number of benzene rings is 1. The largest absolute Gasteiger partial charge is 0.491 e. The first-order chi connectivity index (χ1) is 8.58. The Bertz CT molecular complexity index is 446. The van der Waals surface area contributed by atoms with Crippen molar-refractivity contribution in [3.05, 3.63) is 23.2 Å². The molecule has 0 amide bonds. The molecule has 0 radical (unpaired) electrons. The maximum Gasteiger partial charge on any atom is 0.491 e. The smallest absolute Gasteiger partial charge is 0.423 e. The molecule has 0 spiro atoms. The molecule has 0 unspecified atom stereocenters. The van der Waals surface area contributed by atoms with Gasteiger partial charge in [0.05, 0.1) is 16.2 Å². The van der Waals surface area contributed by atoms with Crippen LogP contribution in [0.25, 0.3) is 0 Å². The fraction of sp³-hybridized carbons (Fsp3) is 0.538. The number of hydrogen-bond acceptors (Lipinski definition) is 4. The van der Waals surface area contributed by atoms with Crippen molar-refractivity contribution in [2.24, 2.45) is 0 Å². The molecule has 0 aliphatic rings. The number of halogens is 1. The van der Waals surface area contributed by atoms with Crippen molar-refractivity contribution in [2.75, 3.05) is 6.26 Å². The van der Waals surface area contributed by atoms with Crippen LogP contribution in [0.3, 0.4) is 0 Å². The molecule has 1 aromatic rings. The molecule has 0 saturated heterocycles. The SMILES string of the molecule is CSc1ccc(B(O)OC(C)(C)C(C)(C)O)cc1Cl. The van der Waals surface area contributed by atoms with E-state index in [4.69, 9.17) is 16.3 Å². The van der Waals surface area contributed by atoms with Crippen molar-refractivity contribution in [2.45, 2.75) is 43.8 Å². The Kier molecular flexibility index (Phi) is 5.38. The van der Waals surface area contributed by atoms with E-state index in [0.717, 1.165) is 4.90 Å². The highest BCUT2D eigenvalue weighted by atomic mass is 35.5. The predicted octanol–water partition coefficient (Wildman–Crippen LogP) is 2.32. The maximum absolute atomic E-state index is 10.1. The van der Waals surface area contributed by atoms with Gasteiger partial charge in [-0.3, -0.25) is 0 Å². The first-order valence-electron chi connectivity index (χ1n) is 6.00. The molecule has 1 aromatic carbocycles. The van der Waals surface area contributed by atoms with Crippen LogP contribution in [0.5, 0.6) is 0 Å². The van der Waals surface area contributed by atoms with Gasteiger partial charge < -0.3 is 14.8 Å². The zero-order valence-corrected chi connectivity index (χ0v) is 13.5. The van der Waals surface area contributed by atoms with Crippen LogP contribution in [0.2, 0.25) is 5.02 Å². The van der Waals surface area contributed by atoms with Crippen LogP contribution in [-0.2, 0) is 4.65 Å². The lowest BCUT2D eigenvalue weighted by Gasteiger charge is -2.38. The van der Waals surface area contributed by atoms with Crippen LogP contribution in [0.15, 0.2) is 23.1 Å². The van der Waals surface area contributed by atoms with Gasteiger partial charge in [0.15, 0.2) is 0 Å². The summed E-state index contributed by atoms with van der Waals surface area (Å²) in [7, 11) is -1.13. The highest BCUT2D eigenvalue weighted by molar-refractivity contribution is 7.98. The van der Waals surface area contributed by atoms with Gasteiger partial charge in [-0.05, 0) is 51.5 Å². The van der Waals surface area contributed by atoms with E-state index in [-0.39, 0.29) is 0 Å². The van der Waals surface area contributed by atoms with Crippen LogP contribution in [0.4, 0.5) is 0 Å². The second kappa shape index (κ2) is 6.06. The van der Waals surface area contributed by atoms with E-state index < -0.39 is 18.3 Å². The van der Waals surface area contributed by atoms with E-state index in [9.17, 15) is 10.1 Å². The third-order valence-corrected chi connectivity index (χ3v) is 4.56. The minimum atomic E-state index is -1.13. The van der Waals surface area contributed by atoms with Gasteiger partial charge in [-0.2, -0.15) is 0 Å². The van der Waals surface area contributed by atoms with E-state index >= 15 is 0 Å². The Morgan fingerprint density at radius 3 is 2.26 bits per heavy atom. The van der Waals surface area contributed by atoms with E-state index in [1.54, 1.807) is 39.8 Å². The van der Waals surface area contributed by atoms with Crippen LogP contribution >= 0.6 is 23.4 Å². The lowest BCUT2D eigenvalue weighted by Crippen LogP contribution is -2.53. The molecular weight excluding hydrogens is 282 g/mol. The Hall–Kier alpha value is -0.195. The van der Waals surface area contributed by atoms with Crippen molar-refractivity contribution >= 4 is 35.9 Å². The number of aliphatic hydroxyl groups is 1. The first kappa shape index (κ1) is 16.9. The summed E-state index contributed by atoms with van der Waals surface area (Å²) in [6.45, 7) is 6.75. The van der Waals surface area contributed by atoms with Crippen molar-refractivity contribution in [3.63, 3.8) is 0 Å². The van der Waals surface area contributed by atoms with Gasteiger partial charge >= 0.3 is 7.12 Å². The summed E-state index contributed by atoms with van der Waals surface area (Å²) < 4.78 is 5.56. The van der Waals surface area contributed by atoms with E-state index in [1.807, 2.05) is 12.3 Å². The lowest BCUT2D eigenvalue weighted by atomic mass is 9.76. The summed E-state index contributed by atoms with van der Waals surface area (Å²) in [5.74, 6) is 0. The van der Waals surface area contributed by atoms with Crippen LogP contribution in [0.1, 0.15) is 27.7 Å². The summed E-state index contributed by atoms with van der Waals surface area (Å²) >= 11 is 7.64. The molecule has 0 bridgehead atoms. The molecule has 0 saturated carbocycles. The number of rotatable bonds is 5. The van der Waals surface area contributed by atoms with E-state index in [2.05, 4.69) is 0 Å². The first-order valence-corrected chi connectivity index (χ1v) is 7.60.